The second-order valence-corrected chi connectivity index (χ2v) is 5.71. The molecule has 0 aromatic heterocycles. The average molecular weight is 343 g/mol. The van der Waals surface area contributed by atoms with Gasteiger partial charge in [-0.1, -0.05) is 12.1 Å². The van der Waals surface area contributed by atoms with Crippen LogP contribution in [0.15, 0.2) is 48.5 Å². The van der Waals surface area contributed by atoms with E-state index in [2.05, 4.69) is 4.90 Å². The lowest BCUT2D eigenvalue weighted by Crippen LogP contribution is -2.26. The Morgan fingerprint density at radius 3 is 2.32 bits per heavy atom. The molecule has 2 aromatic rings. The second kappa shape index (κ2) is 8.79. The van der Waals surface area contributed by atoms with E-state index in [1.54, 1.807) is 36.4 Å². The molecule has 2 aromatic carbocycles. The van der Waals surface area contributed by atoms with Crippen molar-refractivity contribution in [2.75, 3.05) is 26.7 Å². The number of carbonyl (C=O) groups is 1. The van der Waals surface area contributed by atoms with Gasteiger partial charge in [-0.05, 0) is 43.3 Å². The van der Waals surface area contributed by atoms with Gasteiger partial charge in [0.05, 0.1) is 4.92 Å². The molecule has 25 heavy (non-hydrogen) atoms. The van der Waals surface area contributed by atoms with E-state index in [1.807, 2.05) is 7.05 Å². The predicted molar refractivity (Wildman–Crippen MR) is 94.8 cm³/mol. The summed E-state index contributed by atoms with van der Waals surface area (Å²) in [5.74, 6) is 0.228. The molecule has 0 unspecified atom stereocenters. The summed E-state index contributed by atoms with van der Waals surface area (Å²) in [6, 6.07) is 13.3. The topological polar surface area (TPSA) is 98.7 Å². The molecule has 2 N–H and O–H groups in total. The van der Waals surface area contributed by atoms with Crippen molar-refractivity contribution in [1.82, 2.24) is 4.90 Å². The van der Waals surface area contributed by atoms with Crippen molar-refractivity contribution in [1.29, 1.82) is 0 Å². The van der Waals surface area contributed by atoms with Gasteiger partial charge in [-0.25, -0.2) is 0 Å². The highest BCUT2D eigenvalue weighted by Gasteiger charge is 2.05. The molecule has 0 atom stereocenters. The molecule has 0 heterocycles. The number of benzene rings is 2. The molecule has 0 spiro atoms. The van der Waals surface area contributed by atoms with Gasteiger partial charge < -0.3 is 15.4 Å². The summed E-state index contributed by atoms with van der Waals surface area (Å²) in [6.45, 7) is 2.08. The Morgan fingerprint density at radius 1 is 1.12 bits per heavy atom. The predicted octanol–water partition coefficient (Wildman–Crippen LogP) is 2.25. The molecule has 0 fully saturated rings. The minimum Gasteiger partial charge on any atom is -0.492 e. The molecule has 0 bridgehead atoms. The lowest BCUT2D eigenvalue weighted by atomic mass is 10.1. The number of primary amides is 1. The van der Waals surface area contributed by atoms with Crippen molar-refractivity contribution < 1.29 is 14.5 Å². The Kier molecular flexibility index (Phi) is 6.47. The maximum absolute atomic E-state index is 11.0. The quantitative estimate of drug-likeness (QED) is 0.556. The Bertz CT molecular complexity index is 714. The van der Waals surface area contributed by atoms with E-state index in [1.165, 1.54) is 12.1 Å². The minimum atomic E-state index is -0.461. The minimum absolute atomic E-state index is 0.104. The summed E-state index contributed by atoms with van der Waals surface area (Å²) in [5.41, 5.74) is 6.80. The summed E-state index contributed by atoms with van der Waals surface area (Å²) < 4.78 is 5.64. The molecule has 0 radical (unpaired) electrons. The maximum atomic E-state index is 11.0. The summed E-state index contributed by atoms with van der Waals surface area (Å²) >= 11 is 0. The van der Waals surface area contributed by atoms with Crippen LogP contribution in [0.2, 0.25) is 0 Å². The van der Waals surface area contributed by atoms with E-state index in [4.69, 9.17) is 10.5 Å². The Morgan fingerprint density at radius 2 is 1.76 bits per heavy atom. The third-order valence-corrected chi connectivity index (χ3v) is 3.81. The van der Waals surface area contributed by atoms with E-state index in [0.717, 1.165) is 25.1 Å². The zero-order chi connectivity index (χ0) is 18.2. The summed E-state index contributed by atoms with van der Waals surface area (Å²) in [4.78, 5) is 23.3. The van der Waals surface area contributed by atoms with Crippen molar-refractivity contribution in [3.63, 3.8) is 0 Å². The van der Waals surface area contributed by atoms with Crippen LogP contribution in [0.1, 0.15) is 15.9 Å². The van der Waals surface area contributed by atoms with Crippen LogP contribution in [0.4, 0.5) is 5.69 Å². The number of rotatable bonds is 9. The highest BCUT2D eigenvalue weighted by molar-refractivity contribution is 5.92. The molecular weight excluding hydrogens is 322 g/mol. The first-order valence-electron chi connectivity index (χ1n) is 7.90. The smallest absolute Gasteiger partial charge is 0.269 e. The van der Waals surface area contributed by atoms with Crippen molar-refractivity contribution >= 4 is 11.6 Å². The van der Waals surface area contributed by atoms with Crippen LogP contribution in [0.5, 0.6) is 5.75 Å². The van der Waals surface area contributed by atoms with E-state index in [-0.39, 0.29) is 5.69 Å². The fraction of sp³-hybridized carbons (Fsp3) is 0.278. The summed E-state index contributed by atoms with van der Waals surface area (Å²) in [7, 11) is 1.99. The molecule has 2 rings (SSSR count). The first kappa shape index (κ1) is 18.4. The van der Waals surface area contributed by atoms with Crippen LogP contribution >= 0.6 is 0 Å². The van der Waals surface area contributed by atoms with Crippen molar-refractivity contribution in [3.8, 4) is 5.75 Å². The number of nitrogens with zero attached hydrogens (tertiary/aromatic N) is 2. The van der Waals surface area contributed by atoms with Crippen LogP contribution in [0.3, 0.4) is 0 Å². The standard InChI is InChI=1S/C18H21N3O4/c1-20(11-10-14-2-6-16(7-3-14)21(23)24)12-13-25-17-8-4-15(5-9-17)18(19)22/h2-9H,10-13H2,1H3,(H2,19,22). The van der Waals surface area contributed by atoms with Crippen LogP contribution < -0.4 is 10.5 Å². The van der Waals surface area contributed by atoms with Gasteiger partial charge in [0.25, 0.3) is 5.69 Å². The first-order valence-corrected chi connectivity index (χ1v) is 7.90. The van der Waals surface area contributed by atoms with Gasteiger partial charge >= 0.3 is 0 Å². The fourth-order valence-corrected chi connectivity index (χ4v) is 2.25. The van der Waals surface area contributed by atoms with Gasteiger partial charge in [0.1, 0.15) is 12.4 Å². The molecule has 0 aliphatic heterocycles. The van der Waals surface area contributed by atoms with Crippen molar-refractivity contribution in [3.05, 3.63) is 69.8 Å². The lowest BCUT2D eigenvalue weighted by Gasteiger charge is -2.17. The van der Waals surface area contributed by atoms with E-state index in [0.29, 0.717) is 17.9 Å². The molecule has 132 valence electrons. The number of hydrogen-bond donors (Lipinski definition) is 1. The van der Waals surface area contributed by atoms with Crippen LogP contribution in [0, 0.1) is 10.1 Å². The van der Waals surface area contributed by atoms with Crippen molar-refractivity contribution in [2.45, 2.75) is 6.42 Å². The van der Waals surface area contributed by atoms with Gasteiger partial charge in [0.2, 0.25) is 5.91 Å². The molecule has 0 aliphatic rings. The zero-order valence-electron chi connectivity index (χ0n) is 14.1. The third kappa shape index (κ3) is 5.89. The Balaban J connectivity index is 1.70. The Hall–Kier alpha value is -2.93. The van der Waals surface area contributed by atoms with Gasteiger partial charge in [-0.2, -0.15) is 0 Å². The van der Waals surface area contributed by atoms with Crippen LogP contribution in [-0.4, -0.2) is 42.5 Å². The van der Waals surface area contributed by atoms with Gasteiger partial charge in [0.15, 0.2) is 0 Å². The monoisotopic (exact) mass is 343 g/mol. The van der Waals surface area contributed by atoms with Crippen LogP contribution in [0.25, 0.3) is 0 Å². The normalized spacial score (nSPS) is 10.6. The maximum Gasteiger partial charge on any atom is 0.269 e. The zero-order valence-corrected chi connectivity index (χ0v) is 14.1. The number of nitro benzene ring substituents is 1. The average Bonchev–Trinajstić information content (AvgIpc) is 2.60. The fourth-order valence-electron chi connectivity index (χ4n) is 2.25. The lowest BCUT2D eigenvalue weighted by molar-refractivity contribution is -0.384. The molecule has 7 nitrogen and oxygen atoms in total. The molecule has 0 saturated heterocycles. The summed E-state index contributed by atoms with van der Waals surface area (Å²) in [6.07, 6.45) is 0.807. The molecule has 0 saturated carbocycles. The number of hydrogen-bond acceptors (Lipinski definition) is 5. The SMILES string of the molecule is CN(CCOc1ccc(C(N)=O)cc1)CCc1ccc([N+](=O)[O-])cc1. The van der Waals surface area contributed by atoms with E-state index < -0.39 is 10.8 Å². The third-order valence-electron chi connectivity index (χ3n) is 3.81. The van der Waals surface area contributed by atoms with Gasteiger partial charge in [0, 0.05) is 30.8 Å². The van der Waals surface area contributed by atoms with E-state index >= 15 is 0 Å². The number of carbonyl (C=O) groups excluding carboxylic acids is 1. The number of ether oxygens (including phenoxy) is 1. The molecule has 0 aliphatic carbocycles. The number of likely N-dealkylation sites (N-methyl/N-ethyl adjacent to an activating group) is 1. The Labute approximate surface area is 146 Å². The summed E-state index contributed by atoms with van der Waals surface area (Å²) in [5, 5.41) is 10.6. The molecule has 1 amide bonds. The van der Waals surface area contributed by atoms with Crippen LogP contribution in [-0.2, 0) is 6.42 Å². The van der Waals surface area contributed by atoms with Gasteiger partial charge in [-0.15, -0.1) is 0 Å². The van der Waals surface area contributed by atoms with Crippen molar-refractivity contribution in [2.24, 2.45) is 5.73 Å². The molecule has 7 heteroatoms. The van der Waals surface area contributed by atoms with E-state index in [9.17, 15) is 14.9 Å². The number of amides is 1. The number of nitro groups is 1. The number of non-ortho nitro benzene ring substituents is 1. The number of nitrogens with two attached hydrogens (primary N) is 1. The largest absolute Gasteiger partial charge is 0.492 e. The first-order chi connectivity index (χ1) is 12.0. The van der Waals surface area contributed by atoms with Gasteiger partial charge in [-0.3, -0.25) is 14.9 Å². The molecular formula is C18H21N3O4. The second-order valence-electron chi connectivity index (χ2n) is 5.71. The highest BCUT2D eigenvalue weighted by Crippen LogP contribution is 2.13. The highest BCUT2D eigenvalue weighted by atomic mass is 16.6.